The number of ether oxygens (including phenoxy) is 2. The van der Waals surface area contributed by atoms with Gasteiger partial charge < -0.3 is 19.9 Å². The Labute approximate surface area is 126 Å². The van der Waals surface area contributed by atoms with Gasteiger partial charge in [0.15, 0.2) is 0 Å². The molecule has 118 valence electrons. The summed E-state index contributed by atoms with van der Waals surface area (Å²) in [6, 6.07) is 3.80. The fourth-order valence-electron chi connectivity index (χ4n) is 2.56. The van der Waals surface area contributed by atoms with Crippen LogP contribution in [0, 0.1) is 0 Å². The molecule has 0 saturated heterocycles. The van der Waals surface area contributed by atoms with Crippen LogP contribution in [0.1, 0.15) is 37.7 Å². The van der Waals surface area contributed by atoms with Gasteiger partial charge in [-0.1, -0.05) is 25.3 Å². The van der Waals surface area contributed by atoms with Gasteiger partial charge in [0, 0.05) is 25.4 Å². The van der Waals surface area contributed by atoms with E-state index in [9.17, 15) is 5.11 Å². The zero-order chi connectivity index (χ0) is 14.9. The highest BCUT2D eigenvalue weighted by Crippen LogP contribution is 2.20. The topological polar surface area (TPSA) is 63.6 Å². The van der Waals surface area contributed by atoms with Gasteiger partial charge >= 0.3 is 0 Å². The molecule has 1 aliphatic carbocycles. The number of aliphatic hydroxyl groups excluding tert-OH is 1. The number of aromatic nitrogens is 1. The molecule has 0 spiro atoms. The highest BCUT2D eigenvalue weighted by molar-refractivity contribution is 5.17. The Morgan fingerprint density at radius 1 is 1.33 bits per heavy atom. The van der Waals surface area contributed by atoms with Crippen molar-refractivity contribution in [2.75, 3.05) is 20.3 Å². The van der Waals surface area contributed by atoms with Gasteiger partial charge in [0.25, 0.3) is 0 Å². The summed E-state index contributed by atoms with van der Waals surface area (Å²) >= 11 is 0. The van der Waals surface area contributed by atoms with Crippen molar-refractivity contribution < 1.29 is 14.6 Å². The number of nitrogens with one attached hydrogen (secondary N) is 1. The summed E-state index contributed by atoms with van der Waals surface area (Å²) in [5.41, 5.74) is 1.07. The van der Waals surface area contributed by atoms with Gasteiger partial charge in [-0.15, -0.1) is 0 Å². The van der Waals surface area contributed by atoms with Crippen LogP contribution >= 0.6 is 0 Å². The van der Waals surface area contributed by atoms with Crippen LogP contribution in [0.2, 0.25) is 0 Å². The largest absolute Gasteiger partial charge is 0.481 e. The fraction of sp³-hybridized carbons (Fsp3) is 0.688. The first-order chi connectivity index (χ1) is 10.3. The van der Waals surface area contributed by atoms with Crippen molar-refractivity contribution in [1.82, 2.24) is 10.3 Å². The number of hydrogen-bond acceptors (Lipinski definition) is 5. The minimum atomic E-state index is -0.460. The minimum absolute atomic E-state index is 0.346. The summed E-state index contributed by atoms with van der Waals surface area (Å²) in [7, 11) is 1.60. The molecule has 5 nitrogen and oxygen atoms in total. The molecular formula is C16H26N2O3. The van der Waals surface area contributed by atoms with E-state index in [1.165, 1.54) is 19.3 Å². The van der Waals surface area contributed by atoms with Crippen LogP contribution in [0.4, 0.5) is 0 Å². The molecule has 1 atom stereocenters. The molecule has 0 bridgehead atoms. The molecule has 21 heavy (non-hydrogen) atoms. The van der Waals surface area contributed by atoms with Crippen molar-refractivity contribution in [2.45, 2.75) is 50.9 Å². The number of methoxy groups -OCH3 is 1. The lowest BCUT2D eigenvalue weighted by atomic mass is 9.98. The first-order valence-electron chi connectivity index (χ1n) is 7.77. The van der Waals surface area contributed by atoms with Crippen LogP contribution in [-0.2, 0) is 11.3 Å². The maximum Gasteiger partial charge on any atom is 0.212 e. The molecule has 2 N–H and O–H groups in total. The van der Waals surface area contributed by atoms with Crippen molar-refractivity contribution in [3.8, 4) is 5.88 Å². The Hall–Kier alpha value is -1.17. The predicted molar refractivity (Wildman–Crippen MR) is 81.3 cm³/mol. The summed E-state index contributed by atoms with van der Waals surface area (Å²) in [4.78, 5) is 4.14. The minimum Gasteiger partial charge on any atom is -0.481 e. The molecule has 1 unspecified atom stereocenters. The quantitative estimate of drug-likeness (QED) is 0.766. The predicted octanol–water partition coefficient (Wildman–Crippen LogP) is 1.89. The summed E-state index contributed by atoms with van der Waals surface area (Å²) in [6.45, 7) is 1.62. The van der Waals surface area contributed by atoms with E-state index in [0.29, 0.717) is 31.7 Å². The van der Waals surface area contributed by atoms with Crippen LogP contribution in [0.5, 0.6) is 5.88 Å². The number of hydrogen-bond donors (Lipinski definition) is 2. The van der Waals surface area contributed by atoms with Crippen LogP contribution in [0.15, 0.2) is 18.3 Å². The number of pyridine rings is 1. The van der Waals surface area contributed by atoms with Crippen LogP contribution < -0.4 is 10.1 Å². The molecule has 1 saturated carbocycles. The van der Waals surface area contributed by atoms with E-state index in [-0.39, 0.29) is 0 Å². The van der Waals surface area contributed by atoms with Gasteiger partial charge in [0.2, 0.25) is 5.88 Å². The van der Waals surface area contributed by atoms with Gasteiger partial charge in [-0.25, -0.2) is 4.98 Å². The van der Waals surface area contributed by atoms with E-state index in [2.05, 4.69) is 10.3 Å². The van der Waals surface area contributed by atoms with Gasteiger partial charge in [-0.2, -0.15) is 0 Å². The van der Waals surface area contributed by atoms with Crippen LogP contribution in [0.25, 0.3) is 0 Å². The molecule has 0 amide bonds. The normalized spacial score (nSPS) is 17.6. The standard InChI is InChI=1S/C16H26N2O3/c1-20-16-8-7-13(10-18-16)9-17-11-14(19)12-21-15-5-3-2-4-6-15/h7-8,10,14-15,17,19H,2-6,9,11-12H2,1H3. The highest BCUT2D eigenvalue weighted by Gasteiger charge is 2.15. The number of nitrogens with zero attached hydrogens (tertiary/aromatic N) is 1. The molecular weight excluding hydrogens is 268 g/mol. The first kappa shape index (κ1) is 16.2. The molecule has 2 rings (SSSR count). The Morgan fingerprint density at radius 3 is 2.81 bits per heavy atom. The lowest BCUT2D eigenvalue weighted by molar-refractivity contribution is -0.0230. The third kappa shape index (κ3) is 5.99. The average Bonchev–Trinajstić information content (AvgIpc) is 2.54. The Balaban J connectivity index is 1.58. The zero-order valence-electron chi connectivity index (χ0n) is 12.8. The molecule has 1 heterocycles. The second-order valence-electron chi connectivity index (χ2n) is 5.59. The van der Waals surface area contributed by atoms with Gasteiger partial charge in [-0.05, 0) is 18.4 Å². The smallest absolute Gasteiger partial charge is 0.212 e. The summed E-state index contributed by atoms with van der Waals surface area (Å²) in [5, 5.41) is 13.1. The molecule has 0 radical (unpaired) electrons. The average molecular weight is 294 g/mol. The molecule has 0 aliphatic heterocycles. The van der Waals surface area contributed by atoms with Crippen molar-refractivity contribution in [3.05, 3.63) is 23.9 Å². The van der Waals surface area contributed by atoms with Crippen molar-refractivity contribution in [1.29, 1.82) is 0 Å². The zero-order valence-corrected chi connectivity index (χ0v) is 12.8. The lowest BCUT2D eigenvalue weighted by Crippen LogP contribution is -2.32. The molecule has 1 aromatic rings. The monoisotopic (exact) mass is 294 g/mol. The number of rotatable bonds is 8. The molecule has 1 aromatic heterocycles. The molecule has 0 aromatic carbocycles. The van der Waals surface area contributed by atoms with Crippen molar-refractivity contribution in [3.63, 3.8) is 0 Å². The van der Waals surface area contributed by atoms with E-state index >= 15 is 0 Å². The SMILES string of the molecule is COc1ccc(CNCC(O)COC2CCCCC2)cn1. The Kier molecular flexibility index (Phi) is 6.92. The van der Waals surface area contributed by atoms with Gasteiger partial charge in [0.05, 0.1) is 25.9 Å². The second-order valence-corrected chi connectivity index (χ2v) is 5.59. The van der Waals surface area contributed by atoms with Crippen LogP contribution in [0.3, 0.4) is 0 Å². The van der Waals surface area contributed by atoms with E-state index in [0.717, 1.165) is 18.4 Å². The van der Waals surface area contributed by atoms with Crippen LogP contribution in [-0.4, -0.2) is 42.6 Å². The third-order valence-electron chi connectivity index (χ3n) is 3.79. The lowest BCUT2D eigenvalue weighted by Gasteiger charge is -2.23. The van der Waals surface area contributed by atoms with Gasteiger partial charge in [0.1, 0.15) is 0 Å². The van der Waals surface area contributed by atoms with Gasteiger partial charge in [-0.3, -0.25) is 0 Å². The molecule has 5 heteroatoms. The van der Waals surface area contributed by atoms with Crippen molar-refractivity contribution >= 4 is 0 Å². The van der Waals surface area contributed by atoms with Crippen molar-refractivity contribution in [2.24, 2.45) is 0 Å². The Morgan fingerprint density at radius 2 is 2.14 bits per heavy atom. The van der Waals surface area contributed by atoms with E-state index in [1.807, 2.05) is 12.1 Å². The second kappa shape index (κ2) is 8.97. The molecule has 1 fully saturated rings. The summed E-state index contributed by atoms with van der Waals surface area (Å²) in [6.07, 6.45) is 7.76. The summed E-state index contributed by atoms with van der Waals surface area (Å²) in [5.74, 6) is 0.611. The molecule has 1 aliphatic rings. The van der Waals surface area contributed by atoms with E-state index < -0.39 is 6.10 Å². The highest BCUT2D eigenvalue weighted by atomic mass is 16.5. The maximum absolute atomic E-state index is 9.92. The first-order valence-corrected chi connectivity index (χ1v) is 7.77. The Bertz CT molecular complexity index is 391. The maximum atomic E-state index is 9.92. The summed E-state index contributed by atoms with van der Waals surface area (Å²) < 4.78 is 10.8. The van der Waals surface area contributed by atoms with E-state index in [1.54, 1.807) is 13.3 Å². The van der Waals surface area contributed by atoms with E-state index in [4.69, 9.17) is 9.47 Å². The fourth-order valence-corrected chi connectivity index (χ4v) is 2.56. The number of aliphatic hydroxyl groups is 1. The third-order valence-corrected chi connectivity index (χ3v) is 3.79.